The molecule has 0 amide bonds. The standard InChI is InChI=1S/C66H104O6/c1-4-7-10-13-16-19-22-25-27-29-31-33-35-37-39-41-44-47-50-53-56-59-65(68)71-62-63(61-70-64(67)58-55-52-49-46-43-24-21-18-15-12-9-6-3)72-66(69)60-57-54-51-48-45-42-40-38-36-34-32-30-28-26-23-20-17-14-11-8-5-2/h7-8,10-11,16-17,19-20,25-28,31-34,37-40,44-45,47-48,63H,4-6,9,12-15,18,21-24,29-30,35-36,41-43,46,49-62H2,1-3H3/b10-7-,11-8-,19-16-,20-17-,27-25-,28-26-,33-31-,34-32-,39-37-,40-38-,47-44-,48-45-. The van der Waals surface area contributed by atoms with E-state index in [2.05, 4.69) is 167 Å². The summed E-state index contributed by atoms with van der Waals surface area (Å²) < 4.78 is 16.8. The molecule has 0 heterocycles. The van der Waals surface area contributed by atoms with Crippen LogP contribution < -0.4 is 0 Å². The van der Waals surface area contributed by atoms with Gasteiger partial charge in [0, 0.05) is 19.3 Å². The zero-order valence-electron chi connectivity index (χ0n) is 46.1. The molecule has 6 heteroatoms. The van der Waals surface area contributed by atoms with Gasteiger partial charge in [-0.3, -0.25) is 14.4 Å². The van der Waals surface area contributed by atoms with Crippen molar-refractivity contribution in [2.45, 2.75) is 239 Å². The molecule has 0 spiro atoms. The highest BCUT2D eigenvalue weighted by molar-refractivity contribution is 5.71. The molecule has 0 aromatic rings. The molecule has 1 unspecified atom stereocenters. The fourth-order valence-corrected chi connectivity index (χ4v) is 7.33. The quantitative estimate of drug-likeness (QED) is 0.0261. The van der Waals surface area contributed by atoms with Gasteiger partial charge in [0.25, 0.3) is 0 Å². The highest BCUT2D eigenvalue weighted by Crippen LogP contribution is 2.14. The summed E-state index contributed by atoms with van der Waals surface area (Å²) in [4.78, 5) is 38.1. The molecule has 0 aromatic heterocycles. The Morgan fingerprint density at radius 1 is 0.292 bits per heavy atom. The summed E-state index contributed by atoms with van der Waals surface area (Å²) in [5.41, 5.74) is 0. The van der Waals surface area contributed by atoms with Gasteiger partial charge in [-0.25, -0.2) is 0 Å². The lowest BCUT2D eigenvalue weighted by molar-refractivity contribution is -0.167. The molecule has 0 aliphatic rings. The van der Waals surface area contributed by atoms with Crippen LogP contribution in [0.4, 0.5) is 0 Å². The topological polar surface area (TPSA) is 78.9 Å². The largest absolute Gasteiger partial charge is 0.462 e. The van der Waals surface area contributed by atoms with Gasteiger partial charge >= 0.3 is 17.9 Å². The number of esters is 3. The van der Waals surface area contributed by atoms with Crippen molar-refractivity contribution >= 4 is 17.9 Å². The van der Waals surface area contributed by atoms with Crippen LogP contribution in [-0.2, 0) is 28.6 Å². The Bertz CT molecular complexity index is 1610. The number of carbonyl (C=O) groups is 3. The molecule has 6 nitrogen and oxygen atoms in total. The molecular weight excluding hydrogens is 889 g/mol. The van der Waals surface area contributed by atoms with E-state index in [9.17, 15) is 14.4 Å². The third-order valence-electron chi connectivity index (χ3n) is 11.6. The van der Waals surface area contributed by atoms with E-state index in [0.29, 0.717) is 19.3 Å². The van der Waals surface area contributed by atoms with Crippen LogP contribution in [0.3, 0.4) is 0 Å². The lowest BCUT2D eigenvalue weighted by Gasteiger charge is -2.18. The van der Waals surface area contributed by atoms with Crippen molar-refractivity contribution in [2.24, 2.45) is 0 Å². The first kappa shape index (κ1) is 67.3. The van der Waals surface area contributed by atoms with Gasteiger partial charge in [-0.1, -0.05) is 237 Å². The highest BCUT2D eigenvalue weighted by Gasteiger charge is 2.19. The normalized spacial score (nSPS) is 13.2. The van der Waals surface area contributed by atoms with Crippen LogP contribution in [0.2, 0.25) is 0 Å². The van der Waals surface area contributed by atoms with Gasteiger partial charge in [-0.15, -0.1) is 0 Å². The second kappa shape index (κ2) is 58.9. The van der Waals surface area contributed by atoms with Crippen molar-refractivity contribution in [3.63, 3.8) is 0 Å². The van der Waals surface area contributed by atoms with Crippen LogP contribution in [0, 0.1) is 0 Å². The van der Waals surface area contributed by atoms with Crippen molar-refractivity contribution in [3.05, 3.63) is 146 Å². The third kappa shape index (κ3) is 56.2. The lowest BCUT2D eigenvalue weighted by Crippen LogP contribution is -2.30. The van der Waals surface area contributed by atoms with Gasteiger partial charge < -0.3 is 14.2 Å². The van der Waals surface area contributed by atoms with Gasteiger partial charge in [0.2, 0.25) is 0 Å². The minimum atomic E-state index is -0.824. The molecule has 0 fully saturated rings. The Hall–Kier alpha value is -4.71. The van der Waals surface area contributed by atoms with E-state index in [1.165, 1.54) is 57.8 Å². The van der Waals surface area contributed by atoms with Crippen LogP contribution in [0.25, 0.3) is 0 Å². The van der Waals surface area contributed by atoms with Gasteiger partial charge in [0.05, 0.1) is 0 Å². The Morgan fingerprint density at radius 2 is 0.542 bits per heavy atom. The maximum atomic E-state index is 12.9. The van der Waals surface area contributed by atoms with Gasteiger partial charge in [0.1, 0.15) is 13.2 Å². The van der Waals surface area contributed by atoms with Crippen LogP contribution in [0.5, 0.6) is 0 Å². The predicted octanol–water partition coefficient (Wildman–Crippen LogP) is 19.6. The summed E-state index contributed by atoms with van der Waals surface area (Å²) in [5.74, 6) is -1.01. The molecular formula is C66H104O6. The van der Waals surface area contributed by atoms with Crippen LogP contribution in [-0.4, -0.2) is 37.2 Å². The number of unbranched alkanes of at least 4 members (excludes halogenated alkanes) is 15. The van der Waals surface area contributed by atoms with Crippen molar-refractivity contribution in [3.8, 4) is 0 Å². The zero-order chi connectivity index (χ0) is 52.2. The Morgan fingerprint density at radius 3 is 0.847 bits per heavy atom. The molecule has 72 heavy (non-hydrogen) atoms. The Labute approximate surface area is 442 Å². The number of allylic oxidation sites excluding steroid dienone is 24. The van der Waals surface area contributed by atoms with E-state index in [1.807, 2.05) is 0 Å². The maximum absolute atomic E-state index is 12.9. The van der Waals surface area contributed by atoms with Crippen LogP contribution >= 0.6 is 0 Å². The number of carbonyl (C=O) groups excluding carboxylic acids is 3. The minimum Gasteiger partial charge on any atom is -0.462 e. The molecule has 0 rings (SSSR count). The van der Waals surface area contributed by atoms with E-state index < -0.39 is 6.10 Å². The van der Waals surface area contributed by atoms with E-state index >= 15 is 0 Å². The van der Waals surface area contributed by atoms with Gasteiger partial charge in [-0.05, 0) is 122 Å². The molecule has 0 aromatic carbocycles. The summed E-state index contributed by atoms with van der Waals surface area (Å²) >= 11 is 0. The molecule has 404 valence electrons. The van der Waals surface area contributed by atoms with E-state index in [4.69, 9.17) is 14.2 Å². The highest BCUT2D eigenvalue weighted by atomic mass is 16.6. The van der Waals surface area contributed by atoms with Crippen LogP contribution in [0.1, 0.15) is 233 Å². The van der Waals surface area contributed by atoms with Crippen molar-refractivity contribution in [2.75, 3.05) is 13.2 Å². The molecule has 0 radical (unpaired) electrons. The average Bonchev–Trinajstić information content (AvgIpc) is 3.38. The fraction of sp³-hybridized carbons (Fsp3) is 0.591. The summed E-state index contributed by atoms with van der Waals surface area (Å²) in [6.07, 6.45) is 84.1. The summed E-state index contributed by atoms with van der Waals surface area (Å²) in [5, 5.41) is 0. The summed E-state index contributed by atoms with van der Waals surface area (Å²) in [6.45, 7) is 6.32. The Balaban J connectivity index is 4.55. The Kier molecular flexibility index (Phi) is 55.0. The van der Waals surface area contributed by atoms with Crippen molar-refractivity contribution < 1.29 is 28.6 Å². The van der Waals surface area contributed by atoms with Crippen molar-refractivity contribution in [1.82, 2.24) is 0 Å². The summed E-state index contributed by atoms with van der Waals surface area (Å²) in [6, 6.07) is 0. The molecule has 0 saturated carbocycles. The first-order chi connectivity index (χ1) is 35.5. The average molecular weight is 994 g/mol. The maximum Gasteiger partial charge on any atom is 0.306 e. The first-order valence-electron chi connectivity index (χ1n) is 28.8. The van der Waals surface area contributed by atoms with E-state index in [1.54, 1.807) is 0 Å². The van der Waals surface area contributed by atoms with Gasteiger partial charge in [0.15, 0.2) is 6.10 Å². The summed E-state index contributed by atoms with van der Waals surface area (Å²) in [7, 11) is 0. The van der Waals surface area contributed by atoms with Crippen LogP contribution in [0.15, 0.2) is 146 Å². The number of hydrogen-bond donors (Lipinski definition) is 0. The minimum absolute atomic E-state index is 0.114. The van der Waals surface area contributed by atoms with Crippen molar-refractivity contribution in [1.29, 1.82) is 0 Å². The molecule has 0 aliphatic carbocycles. The zero-order valence-corrected chi connectivity index (χ0v) is 46.1. The fourth-order valence-electron chi connectivity index (χ4n) is 7.33. The second-order valence-corrected chi connectivity index (χ2v) is 18.4. The SMILES string of the molecule is CC/C=C\C/C=C\C/C=C\C/C=C\C/C=C\C/C=C\CCCCC(=O)OCC(COC(=O)CCCCCCCCCCCCCC)OC(=O)CCCC/C=C\C/C=C\C/C=C\C/C=C\C/C=C\C/C=C\CC. The number of rotatable bonds is 50. The molecule has 1 atom stereocenters. The smallest absolute Gasteiger partial charge is 0.306 e. The second-order valence-electron chi connectivity index (χ2n) is 18.4. The monoisotopic (exact) mass is 993 g/mol. The first-order valence-corrected chi connectivity index (χ1v) is 28.8. The number of ether oxygens (including phenoxy) is 3. The van der Waals surface area contributed by atoms with E-state index in [0.717, 1.165) is 122 Å². The van der Waals surface area contributed by atoms with E-state index in [-0.39, 0.29) is 44.0 Å². The lowest BCUT2D eigenvalue weighted by atomic mass is 10.0. The van der Waals surface area contributed by atoms with Gasteiger partial charge in [-0.2, -0.15) is 0 Å². The molecule has 0 saturated heterocycles. The predicted molar refractivity (Wildman–Crippen MR) is 311 cm³/mol. The third-order valence-corrected chi connectivity index (χ3v) is 11.6. The molecule has 0 bridgehead atoms. The number of hydrogen-bond acceptors (Lipinski definition) is 6. The molecule has 0 aliphatic heterocycles. The molecule has 0 N–H and O–H groups in total.